The summed E-state index contributed by atoms with van der Waals surface area (Å²) in [5, 5.41) is 7.92. The zero-order valence-electron chi connectivity index (χ0n) is 21.6. The van der Waals surface area contributed by atoms with Gasteiger partial charge in [-0.2, -0.15) is 0 Å². The van der Waals surface area contributed by atoms with Crippen LogP contribution in [0.1, 0.15) is 76.0 Å². The molecule has 0 fully saturated rings. The number of ether oxygens (including phenoxy) is 1. The van der Waals surface area contributed by atoms with Crippen molar-refractivity contribution in [2.45, 2.75) is 72.6 Å². The summed E-state index contributed by atoms with van der Waals surface area (Å²) in [6, 6.07) is -0.503. The molecule has 3 unspecified atom stereocenters. The highest BCUT2D eigenvalue weighted by Gasteiger charge is 2.29. The van der Waals surface area contributed by atoms with Gasteiger partial charge in [-0.15, -0.1) is 11.3 Å². The highest BCUT2D eigenvalue weighted by atomic mass is 32.1. The van der Waals surface area contributed by atoms with Gasteiger partial charge in [-0.05, 0) is 18.9 Å². The van der Waals surface area contributed by atoms with Gasteiger partial charge in [-0.1, -0.05) is 48.0 Å². The van der Waals surface area contributed by atoms with Crippen LogP contribution >= 0.6 is 11.3 Å². The summed E-state index contributed by atoms with van der Waals surface area (Å²) in [4.78, 5) is 42.3. The molecule has 3 amide bonds. The molecule has 0 spiro atoms. The molecule has 0 saturated heterocycles. The van der Waals surface area contributed by atoms with E-state index in [0.717, 1.165) is 0 Å². The number of hydrogen-bond acceptors (Lipinski definition) is 7. The molecule has 1 rings (SSSR count). The lowest BCUT2D eigenvalue weighted by Gasteiger charge is -2.33. The fraction of sp³-hybridized carbons (Fsp3) is 0.739. The molecule has 0 aliphatic heterocycles. The monoisotopic (exact) mass is 485 g/mol. The zero-order chi connectivity index (χ0) is 25.7. The molecule has 190 valence electrons. The van der Waals surface area contributed by atoms with Gasteiger partial charge in [-0.3, -0.25) is 14.4 Å². The van der Waals surface area contributed by atoms with Gasteiger partial charge in [0.25, 0.3) is 5.91 Å². The van der Waals surface area contributed by atoms with Crippen LogP contribution in [0.4, 0.5) is 0 Å². The van der Waals surface area contributed by atoms with Gasteiger partial charge in [0.1, 0.15) is 16.8 Å². The van der Waals surface area contributed by atoms with Crippen LogP contribution in [0.2, 0.25) is 0 Å². The Balaban J connectivity index is 0.00000322. The van der Waals surface area contributed by atoms with Crippen molar-refractivity contribution in [3.05, 3.63) is 16.1 Å². The molecular formula is C23H43N5O4S. The number of likely N-dealkylation sites (N-methyl/N-ethyl adjacent to an activating group) is 2. The molecule has 0 radical (unpaired) electrons. The van der Waals surface area contributed by atoms with Crippen molar-refractivity contribution >= 4 is 29.1 Å². The number of primary amides is 1. The second kappa shape index (κ2) is 15.7. The van der Waals surface area contributed by atoms with Gasteiger partial charge >= 0.3 is 0 Å². The second-order valence-electron chi connectivity index (χ2n) is 8.65. The van der Waals surface area contributed by atoms with Crippen molar-refractivity contribution in [3.63, 3.8) is 0 Å². The fourth-order valence-electron chi connectivity index (χ4n) is 3.29. The number of amides is 3. The fourth-order valence-corrected chi connectivity index (χ4v) is 4.19. The Morgan fingerprint density at radius 1 is 1.18 bits per heavy atom. The van der Waals surface area contributed by atoms with Gasteiger partial charge in [0, 0.05) is 32.0 Å². The highest BCUT2D eigenvalue weighted by molar-refractivity contribution is 7.09. The molecule has 0 aromatic carbocycles. The summed E-state index contributed by atoms with van der Waals surface area (Å²) in [5.41, 5.74) is 5.49. The van der Waals surface area contributed by atoms with Crippen LogP contribution in [0.3, 0.4) is 0 Å². The van der Waals surface area contributed by atoms with Gasteiger partial charge < -0.3 is 26.0 Å². The van der Waals surface area contributed by atoms with E-state index in [9.17, 15) is 14.4 Å². The first kappa shape index (κ1) is 31.0. The maximum absolute atomic E-state index is 12.7. The Hall–Kier alpha value is -2.04. The van der Waals surface area contributed by atoms with Crippen LogP contribution in [-0.4, -0.2) is 67.4 Å². The molecule has 10 heteroatoms. The van der Waals surface area contributed by atoms with E-state index in [1.807, 2.05) is 27.7 Å². The van der Waals surface area contributed by atoms with E-state index in [1.54, 1.807) is 31.5 Å². The van der Waals surface area contributed by atoms with Gasteiger partial charge in [0.2, 0.25) is 11.8 Å². The van der Waals surface area contributed by atoms with Gasteiger partial charge in [-0.25, -0.2) is 4.98 Å². The third kappa shape index (κ3) is 10.2. The number of carbonyl (C=O) groups is 3. The van der Waals surface area contributed by atoms with E-state index in [1.165, 1.54) is 17.8 Å². The number of nitrogens with zero attached hydrogens (tertiary/aromatic N) is 2. The average molecular weight is 486 g/mol. The lowest BCUT2D eigenvalue weighted by atomic mass is 9.96. The summed E-state index contributed by atoms with van der Waals surface area (Å²) in [6.45, 7) is 12.1. The predicted molar refractivity (Wildman–Crippen MR) is 133 cm³/mol. The molecule has 1 heterocycles. The lowest BCUT2D eigenvalue weighted by molar-refractivity contribution is -0.135. The SMILES string of the molecule is CCC.CNC(C(=O)NCC(=O)N(C)C(CC(OC)c1nc(C(N)=O)cs1)C(C)C)C(C)C. The van der Waals surface area contributed by atoms with Crippen molar-refractivity contribution in [1.82, 2.24) is 20.5 Å². The normalized spacial score (nSPS) is 13.7. The molecule has 0 aliphatic rings. The minimum Gasteiger partial charge on any atom is -0.374 e. The maximum Gasteiger partial charge on any atom is 0.268 e. The zero-order valence-corrected chi connectivity index (χ0v) is 22.4. The minimum atomic E-state index is -0.586. The number of carbonyl (C=O) groups excluding carboxylic acids is 3. The number of methoxy groups -OCH3 is 1. The molecule has 1 aromatic heterocycles. The number of aromatic nitrogens is 1. The molecule has 4 N–H and O–H groups in total. The Bertz CT molecular complexity index is 738. The van der Waals surface area contributed by atoms with Crippen LogP contribution in [0.15, 0.2) is 5.38 Å². The van der Waals surface area contributed by atoms with E-state index >= 15 is 0 Å². The van der Waals surface area contributed by atoms with Crippen LogP contribution in [-0.2, 0) is 14.3 Å². The van der Waals surface area contributed by atoms with Gasteiger partial charge in [0.05, 0.1) is 12.6 Å². The second-order valence-corrected chi connectivity index (χ2v) is 9.54. The van der Waals surface area contributed by atoms with E-state index in [0.29, 0.717) is 11.4 Å². The molecule has 33 heavy (non-hydrogen) atoms. The first-order valence-electron chi connectivity index (χ1n) is 11.4. The van der Waals surface area contributed by atoms with Crippen molar-refractivity contribution in [3.8, 4) is 0 Å². The predicted octanol–water partition coefficient (Wildman–Crippen LogP) is 2.58. The molecule has 0 bridgehead atoms. The first-order valence-corrected chi connectivity index (χ1v) is 12.3. The van der Waals surface area contributed by atoms with Gasteiger partial charge in [0.15, 0.2) is 0 Å². The van der Waals surface area contributed by atoms with Crippen LogP contribution in [0, 0.1) is 11.8 Å². The molecule has 0 aliphatic carbocycles. The molecular weight excluding hydrogens is 442 g/mol. The summed E-state index contributed by atoms with van der Waals surface area (Å²) in [5.74, 6) is -0.725. The van der Waals surface area contributed by atoms with E-state index in [2.05, 4.69) is 29.5 Å². The van der Waals surface area contributed by atoms with Crippen molar-refractivity contribution in [2.75, 3.05) is 27.7 Å². The number of thiazole rings is 1. The topological polar surface area (TPSA) is 127 Å². The lowest BCUT2D eigenvalue weighted by Crippen LogP contribution is -2.50. The molecule has 0 saturated carbocycles. The van der Waals surface area contributed by atoms with E-state index < -0.39 is 5.91 Å². The average Bonchev–Trinajstić information content (AvgIpc) is 3.23. The molecule has 9 nitrogen and oxygen atoms in total. The summed E-state index contributed by atoms with van der Waals surface area (Å²) in [7, 11) is 5.01. The van der Waals surface area contributed by atoms with Crippen LogP contribution in [0.5, 0.6) is 0 Å². The van der Waals surface area contributed by atoms with Crippen molar-refractivity contribution in [1.29, 1.82) is 0 Å². The Morgan fingerprint density at radius 2 is 1.76 bits per heavy atom. The summed E-state index contributed by atoms with van der Waals surface area (Å²) < 4.78 is 5.59. The minimum absolute atomic E-state index is 0.0792. The quantitative estimate of drug-likeness (QED) is 0.418. The highest BCUT2D eigenvalue weighted by Crippen LogP contribution is 2.29. The van der Waals surface area contributed by atoms with E-state index in [-0.39, 0.29) is 54.1 Å². The maximum atomic E-state index is 12.7. The number of hydrogen-bond donors (Lipinski definition) is 3. The standard InChI is InChI=1S/C20H35N5O4S.C3H8/c1-11(2)14(8-15(29-7)20-24-13(10-30-20)18(21)27)25(6)16(26)9-23-19(28)17(22-5)12(3)4;1-3-2/h10-12,14-15,17,22H,8-9H2,1-7H3,(H2,21,27)(H,23,28);3H2,1-2H3. The molecule has 1 aromatic rings. The smallest absolute Gasteiger partial charge is 0.268 e. The Labute approximate surface area is 202 Å². The molecule has 3 atom stereocenters. The summed E-state index contributed by atoms with van der Waals surface area (Å²) in [6.07, 6.45) is 1.37. The first-order chi connectivity index (χ1) is 15.4. The number of nitrogens with two attached hydrogens (primary N) is 1. The Kier molecular flexibility index (Phi) is 14.8. The number of rotatable bonds is 12. The number of nitrogens with one attached hydrogen (secondary N) is 2. The van der Waals surface area contributed by atoms with Crippen LogP contribution < -0.4 is 16.4 Å². The van der Waals surface area contributed by atoms with E-state index in [4.69, 9.17) is 10.5 Å². The van der Waals surface area contributed by atoms with Crippen molar-refractivity contribution < 1.29 is 19.1 Å². The Morgan fingerprint density at radius 3 is 2.15 bits per heavy atom. The third-order valence-electron chi connectivity index (χ3n) is 5.12. The summed E-state index contributed by atoms with van der Waals surface area (Å²) >= 11 is 1.30. The largest absolute Gasteiger partial charge is 0.374 e. The van der Waals surface area contributed by atoms with Crippen LogP contribution in [0.25, 0.3) is 0 Å². The van der Waals surface area contributed by atoms with Crippen molar-refractivity contribution in [2.24, 2.45) is 17.6 Å². The third-order valence-corrected chi connectivity index (χ3v) is 6.06.